The summed E-state index contributed by atoms with van der Waals surface area (Å²) in [5.41, 5.74) is 2.96. The number of nitrogens with one attached hydrogen (secondary N) is 1. The van der Waals surface area contributed by atoms with Crippen molar-refractivity contribution in [3.05, 3.63) is 51.2 Å². The molecule has 0 aliphatic carbocycles. The van der Waals surface area contributed by atoms with Crippen LogP contribution in [0.5, 0.6) is 0 Å². The van der Waals surface area contributed by atoms with Crippen molar-refractivity contribution in [2.24, 2.45) is 0 Å². The quantitative estimate of drug-likeness (QED) is 0.831. The zero-order valence-electron chi connectivity index (χ0n) is 11.9. The average molecular weight is 323 g/mol. The molecule has 0 saturated heterocycles. The van der Waals surface area contributed by atoms with Crippen LogP contribution in [0, 0.1) is 13.8 Å². The number of carbonyl (C=O) groups is 1. The molecule has 0 atom stereocenters. The van der Waals surface area contributed by atoms with Gasteiger partial charge >= 0.3 is 0 Å². The Bertz CT molecular complexity index is 731. The molecule has 4 nitrogen and oxygen atoms in total. The van der Waals surface area contributed by atoms with Crippen LogP contribution in [0.1, 0.15) is 26.4 Å². The van der Waals surface area contributed by atoms with E-state index in [4.69, 9.17) is 0 Å². The Kier molecular flexibility index (Phi) is 4.92. The van der Waals surface area contributed by atoms with E-state index in [1.54, 1.807) is 24.3 Å². The molecule has 1 aromatic heterocycles. The van der Waals surface area contributed by atoms with Gasteiger partial charge in [-0.15, -0.1) is 11.3 Å². The highest BCUT2D eigenvalue weighted by Gasteiger charge is 2.14. The number of carbonyl (C=O) groups excluding carboxylic acids is 1. The van der Waals surface area contributed by atoms with Gasteiger partial charge in [-0.2, -0.15) is 0 Å². The molecular weight excluding hydrogens is 306 g/mol. The Morgan fingerprint density at radius 1 is 1.19 bits per heavy atom. The van der Waals surface area contributed by atoms with E-state index in [0.29, 0.717) is 11.3 Å². The van der Waals surface area contributed by atoms with Gasteiger partial charge in [0.2, 0.25) is 10.0 Å². The Labute approximate surface area is 128 Å². The third-order valence-electron chi connectivity index (χ3n) is 3.24. The molecule has 2 rings (SSSR count). The Morgan fingerprint density at radius 2 is 1.86 bits per heavy atom. The number of aldehydes is 1. The predicted molar refractivity (Wildman–Crippen MR) is 84.5 cm³/mol. The molecule has 0 saturated carbocycles. The first-order valence-electron chi connectivity index (χ1n) is 6.52. The van der Waals surface area contributed by atoms with Gasteiger partial charge in [0.15, 0.2) is 6.29 Å². The molecule has 21 heavy (non-hydrogen) atoms. The fourth-order valence-electron chi connectivity index (χ4n) is 2.02. The lowest BCUT2D eigenvalue weighted by Gasteiger charge is -2.07. The van der Waals surface area contributed by atoms with Crippen LogP contribution in [-0.4, -0.2) is 21.2 Å². The summed E-state index contributed by atoms with van der Waals surface area (Å²) in [6.45, 7) is 4.10. The SMILES string of the molecule is Cc1ccc(S(=O)(=O)NCCc2c(C)csc2C=O)cc1. The molecular formula is C15H17NO3S2. The highest BCUT2D eigenvalue weighted by Crippen LogP contribution is 2.20. The number of rotatable bonds is 6. The molecule has 0 spiro atoms. The Balaban J connectivity index is 2.04. The third-order valence-corrected chi connectivity index (χ3v) is 5.79. The minimum atomic E-state index is -3.50. The van der Waals surface area contributed by atoms with Gasteiger partial charge in [-0.05, 0) is 48.9 Å². The number of sulfonamides is 1. The molecule has 0 radical (unpaired) electrons. The van der Waals surface area contributed by atoms with E-state index in [-0.39, 0.29) is 11.4 Å². The molecule has 0 bridgehead atoms. The summed E-state index contributed by atoms with van der Waals surface area (Å²) in [7, 11) is -3.50. The van der Waals surface area contributed by atoms with Crippen molar-refractivity contribution in [1.29, 1.82) is 0 Å². The monoisotopic (exact) mass is 323 g/mol. The number of aryl methyl sites for hydroxylation is 2. The number of thiophene rings is 1. The van der Waals surface area contributed by atoms with Crippen LogP contribution in [0.25, 0.3) is 0 Å². The maximum absolute atomic E-state index is 12.1. The van der Waals surface area contributed by atoms with Gasteiger partial charge in [0.25, 0.3) is 0 Å². The first-order valence-corrected chi connectivity index (χ1v) is 8.89. The van der Waals surface area contributed by atoms with Crippen LogP contribution in [0.2, 0.25) is 0 Å². The topological polar surface area (TPSA) is 63.2 Å². The summed E-state index contributed by atoms with van der Waals surface area (Å²) in [5.74, 6) is 0. The highest BCUT2D eigenvalue weighted by atomic mass is 32.2. The Morgan fingerprint density at radius 3 is 2.48 bits per heavy atom. The fraction of sp³-hybridized carbons (Fsp3) is 0.267. The summed E-state index contributed by atoms with van der Waals surface area (Å²) >= 11 is 1.39. The van der Waals surface area contributed by atoms with Crippen molar-refractivity contribution in [1.82, 2.24) is 4.72 Å². The van der Waals surface area contributed by atoms with Crippen LogP contribution in [0.4, 0.5) is 0 Å². The molecule has 1 heterocycles. The van der Waals surface area contributed by atoms with Gasteiger partial charge in [0.1, 0.15) is 0 Å². The summed E-state index contributed by atoms with van der Waals surface area (Å²) in [5, 5.41) is 1.91. The van der Waals surface area contributed by atoms with E-state index < -0.39 is 10.0 Å². The Hall–Kier alpha value is -1.50. The van der Waals surface area contributed by atoms with Gasteiger partial charge in [0, 0.05) is 6.54 Å². The smallest absolute Gasteiger partial charge is 0.240 e. The maximum atomic E-state index is 12.1. The standard InChI is InChI=1S/C15H17NO3S2/c1-11-3-5-13(6-4-11)21(18,19)16-8-7-14-12(2)10-20-15(14)9-17/h3-6,9-10,16H,7-8H2,1-2H3. The lowest BCUT2D eigenvalue weighted by molar-refractivity contribution is 0.112. The molecule has 6 heteroatoms. The summed E-state index contributed by atoms with van der Waals surface area (Å²) < 4.78 is 26.8. The van der Waals surface area contributed by atoms with Crippen molar-refractivity contribution in [3.63, 3.8) is 0 Å². The van der Waals surface area contributed by atoms with Crippen molar-refractivity contribution in [3.8, 4) is 0 Å². The average Bonchev–Trinajstić information content (AvgIpc) is 2.80. The largest absolute Gasteiger partial charge is 0.297 e. The molecule has 0 unspecified atom stereocenters. The van der Waals surface area contributed by atoms with Crippen LogP contribution in [0.3, 0.4) is 0 Å². The number of hydrogen-bond donors (Lipinski definition) is 1. The zero-order valence-corrected chi connectivity index (χ0v) is 13.6. The van der Waals surface area contributed by atoms with Crippen molar-refractivity contribution in [2.45, 2.75) is 25.2 Å². The molecule has 0 aliphatic heterocycles. The maximum Gasteiger partial charge on any atom is 0.240 e. The normalized spacial score (nSPS) is 11.5. The van der Waals surface area contributed by atoms with E-state index in [1.165, 1.54) is 11.3 Å². The van der Waals surface area contributed by atoms with Gasteiger partial charge in [-0.25, -0.2) is 13.1 Å². The molecule has 0 fully saturated rings. The van der Waals surface area contributed by atoms with Crippen LogP contribution < -0.4 is 4.72 Å². The minimum Gasteiger partial charge on any atom is -0.297 e. The number of hydrogen-bond acceptors (Lipinski definition) is 4. The summed E-state index contributed by atoms with van der Waals surface area (Å²) in [4.78, 5) is 11.8. The van der Waals surface area contributed by atoms with Crippen LogP contribution >= 0.6 is 11.3 Å². The van der Waals surface area contributed by atoms with Gasteiger partial charge in [-0.3, -0.25) is 4.79 Å². The lowest BCUT2D eigenvalue weighted by atomic mass is 10.1. The molecule has 1 N–H and O–H groups in total. The van der Waals surface area contributed by atoms with Crippen LogP contribution in [0.15, 0.2) is 34.5 Å². The molecule has 2 aromatic rings. The molecule has 0 amide bonds. The zero-order chi connectivity index (χ0) is 15.5. The van der Waals surface area contributed by atoms with E-state index in [2.05, 4.69) is 4.72 Å². The second-order valence-corrected chi connectivity index (χ2v) is 7.52. The first-order chi connectivity index (χ1) is 9.94. The van der Waals surface area contributed by atoms with E-state index in [0.717, 1.165) is 23.0 Å². The molecule has 112 valence electrons. The first kappa shape index (κ1) is 15.9. The third kappa shape index (κ3) is 3.78. The van der Waals surface area contributed by atoms with Crippen molar-refractivity contribution >= 4 is 27.6 Å². The van der Waals surface area contributed by atoms with E-state index >= 15 is 0 Å². The minimum absolute atomic E-state index is 0.255. The second-order valence-electron chi connectivity index (χ2n) is 4.84. The second kappa shape index (κ2) is 6.51. The van der Waals surface area contributed by atoms with Gasteiger partial charge in [0.05, 0.1) is 9.77 Å². The lowest BCUT2D eigenvalue weighted by Crippen LogP contribution is -2.26. The van der Waals surface area contributed by atoms with Crippen molar-refractivity contribution in [2.75, 3.05) is 6.54 Å². The number of benzene rings is 1. The predicted octanol–water partition coefficient (Wildman–Crippen LogP) is 2.70. The van der Waals surface area contributed by atoms with E-state index in [1.807, 2.05) is 19.2 Å². The molecule has 0 aliphatic rings. The van der Waals surface area contributed by atoms with Crippen LogP contribution in [-0.2, 0) is 16.4 Å². The molecule has 1 aromatic carbocycles. The highest BCUT2D eigenvalue weighted by molar-refractivity contribution is 7.89. The summed E-state index contributed by atoms with van der Waals surface area (Å²) in [6.07, 6.45) is 1.33. The van der Waals surface area contributed by atoms with Gasteiger partial charge < -0.3 is 0 Å². The summed E-state index contributed by atoms with van der Waals surface area (Å²) in [6, 6.07) is 6.71. The van der Waals surface area contributed by atoms with Crippen molar-refractivity contribution < 1.29 is 13.2 Å². The van der Waals surface area contributed by atoms with E-state index in [9.17, 15) is 13.2 Å². The van der Waals surface area contributed by atoms with Gasteiger partial charge in [-0.1, -0.05) is 17.7 Å². The fourth-order valence-corrected chi connectivity index (χ4v) is 3.96.